The van der Waals surface area contributed by atoms with Gasteiger partial charge in [-0.2, -0.15) is 0 Å². The van der Waals surface area contributed by atoms with Crippen LogP contribution in [0.4, 0.5) is 0 Å². The quantitative estimate of drug-likeness (QED) is 0.800. The van der Waals surface area contributed by atoms with Gasteiger partial charge in [0.25, 0.3) is 0 Å². The lowest BCUT2D eigenvalue weighted by molar-refractivity contribution is -0.0561. The third-order valence-corrected chi connectivity index (χ3v) is 4.42. The molecule has 0 bridgehead atoms. The minimum Gasteiger partial charge on any atom is -0.375 e. The van der Waals surface area contributed by atoms with E-state index in [0.29, 0.717) is 18.2 Å². The standard InChI is InChI=1S/C14H27NO/c1-2-11-4-3-5-14(10-11)16-13-8-6-12(15)7-9-13/h11-14H,2-10,15H2,1H3. The molecule has 2 fully saturated rings. The lowest BCUT2D eigenvalue weighted by atomic mass is 9.85. The number of hydrogen-bond acceptors (Lipinski definition) is 2. The molecule has 2 aliphatic carbocycles. The number of nitrogens with two attached hydrogens (primary N) is 1. The van der Waals surface area contributed by atoms with E-state index in [1.807, 2.05) is 0 Å². The maximum atomic E-state index is 6.26. The van der Waals surface area contributed by atoms with Crippen LogP contribution in [0.5, 0.6) is 0 Å². The Balaban J connectivity index is 1.72. The highest BCUT2D eigenvalue weighted by Gasteiger charge is 2.26. The fourth-order valence-corrected chi connectivity index (χ4v) is 3.23. The van der Waals surface area contributed by atoms with Crippen molar-refractivity contribution in [2.45, 2.75) is 83.0 Å². The summed E-state index contributed by atoms with van der Waals surface area (Å²) in [5.74, 6) is 0.921. The molecule has 0 saturated heterocycles. The molecule has 0 amide bonds. The van der Waals surface area contributed by atoms with Gasteiger partial charge in [0, 0.05) is 6.04 Å². The zero-order valence-electron chi connectivity index (χ0n) is 10.7. The Kier molecular flexibility index (Phi) is 4.66. The first-order valence-electron chi connectivity index (χ1n) is 7.19. The first-order chi connectivity index (χ1) is 7.78. The SMILES string of the molecule is CCC1CCCC(OC2CCC(N)CC2)C1. The van der Waals surface area contributed by atoms with E-state index in [-0.39, 0.29) is 0 Å². The summed E-state index contributed by atoms with van der Waals surface area (Å²) in [6, 6.07) is 0.439. The van der Waals surface area contributed by atoms with Gasteiger partial charge in [-0.15, -0.1) is 0 Å². The molecule has 0 spiro atoms. The van der Waals surface area contributed by atoms with E-state index < -0.39 is 0 Å². The van der Waals surface area contributed by atoms with Crippen LogP contribution >= 0.6 is 0 Å². The predicted octanol–water partition coefficient (Wildman–Crippen LogP) is 3.24. The van der Waals surface area contributed by atoms with Crippen molar-refractivity contribution >= 4 is 0 Å². The minimum absolute atomic E-state index is 0.439. The minimum atomic E-state index is 0.439. The average molecular weight is 225 g/mol. The van der Waals surface area contributed by atoms with E-state index in [1.165, 1.54) is 44.9 Å². The van der Waals surface area contributed by atoms with Crippen molar-refractivity contribution in [1.29, 1.82) is 0 Å². The Hall–Kier alpha value is -0.0800. The summed E-state index contributed by atoms with van der Waals surface area (Å²) in [5, 5.41) is 0. The molecule has 2 nitrogen and oxygen atoms in total. The molecule has 0 aromatic rings. The molecule has 0 radical (unpaired) electrons. The van der Waals surface area contributed by atoms with E-state index in [2.05, 4.69) is 6.92 Å². The molecule has 94 valence electrons. The van der Waals surface area contributed by atoms with Crippen molar-refractivity contribution in [3.8, 4) is 0 Å². The zero-order valence-corrected chi connectivity index (χ0v) is 10.7. The van der Waals surface area contributed by atoms with Gasteiger partial charge in [-0.05, 0) is 44.4 Å². The van der Waals surface area contributed by atoms with Crippen LogP contribution in [0.2, 0.25) is 0 Å². The molecule has 2 saturated carbocycles. The molecule has 2 heteroatoms. The highest BCUT2D eigenvalue weighted by Crippen LogP contribution is 2.31. The van der Waals surface area contributed by atoms with Crippen molar-refractivity contribution in [3.63, 3.8) is 0 Å². The highest BCUT2D eigenvalue weighted by atomic mass is 16.5. The maximum absolute atomic E-state index is 6.26. The fraction of sp³-hybridized carbons (Fsp3) is 1.00. The summed E-state index contributed by atoms with van der Waals surface area (Å²) < 4.78 is 6.26. The first kappa shape index (κ1) is 12.4. The molecule has 16 heavy (non-hydrogen) atoms. The normalized spacial score (nSPS) is 40.9. The maximum Gasteiger partial charge on any atom is 0.0581 e. The van der Waals surface area contributed by atoms with Crippen molar-refractivity contribution < 1.29 is 4.74 Å². The third-order valence-electron chi connectivity index (χ3n) is 4.42. The molecule has 2 atom stereocenters. The summed E-state index contributed by atoms with van der Waals surface area (Å²) >= 11 is 0. The van der Waals surface area contributed by atoms with Gasteiger partial charge in [0.2, 0.25) is 0 Å². The van der Waals surface area contributed by atoms with Gasteiger partial charge in [0.15, 0.2) is 0 Å². The van der Waals surface area contributed by atoms with Crippen LogP contribution in [0.15, 0.2) is 0 Å². The molecule has 0 aromatic heterocycles. The average Bonchev–Trinajstić information content (AvgIpc) is 2.32. The van der Waals surface area contributed by atoms with Gasteiger partial charge in [-0.3, -0.25) is 0 Å². The van der Waals surface area contributed by atoms with Gasteiger partial charge >= 0.3 is 0 Å². The topological polar surface area (TPSA) is 35.2 Å². The molecule has 0 aromatic carbocycles. The van der Waals surface area contributed by atoms with Crippen molar-refractivity contribution in [3.05, 3.63) is 0 Å². The Morgan fingerprint density at radius 1 is 1.00 bits per heavy atom. The van der Waals surface area contributed by atoms with E-state index >= 15 is 0 Å². The van der Waals surface area contributed by atoms with Crippen LogP contribution in [0.1, 0.15) is 64.7 Å². The smallest absolute Gasteiger partial charge is 0.0581 e. The zero-order chi connectivity index (χ0) is 11.4. The number of rotatable bonds is 3. The summed E-state index contributed by atoms with van der Waals surface area (Å²) in [6.45, 7) is 2.31. The summed E-state index contributed by atoms with van der Waals surface area (Å²) in [7, 11) is 0. The van der Waals surface area contributed by atoms with Gasteiger partial charge in [-0.25, -0.2) is 0 Å². The second kappa shape index (κ2) is 6.02. The largest absolute Gasteiger partial charge is 0.375 e. The van der Waals surface area contributed by atoms with Crippen LogP contribution in [-0.2, 0) is 4.74 Å². The monoisotopic (exact) mass is 225 g/mol. The van der Waals surface area contributed by atoms with Crippen LogP contribution < -0.4 is 5.73 Å². The van der Waals surface area contributed by atoms with Crippen molar-refractivity contribution in [2.75, 3.05) is 0 Å². The van der Waals surface area contributed by atoms with E-state index in [0.717, 1.165) is 18.8 Å². The Labute approximate surface area is 99.9 Å². The molecule has 2 N–H and O–H groups in total. The predicted molar refractivity (Wildman–Crippen MR) is 67.4 cm³/mol. The van der Waals surface area contributed by atoms with E-state index in [9.17, 15) is 0 Å². The lowest BCUT2D eigenvalue weighted by Gasteiger charge is -2.34. The second-order valence-electron chi connectivity index (χ2n) is 5.74. The molecular weight excluding hydrogens is 198 g/mol. The van der Waals surface area contributed by atoms with Crippen LogP contribution in [0, 0.1) is 5.92 Å². The Bertz CT molecular complexity index is 199. The summed E-state index contributed by atoms with van der Waals surface area (Å²) in [5.41, 5.74) is 5.92. The highest BCUT2D eigenvalue weighted by molar-refractivity contribution is 4.78. The van der Waals surface area contributed by atoms with Crippen LogP contribution in [0.25, 0.3) is 0 Å². The lowest BCUT2D eigenvalue weighted by Crippen LogP contribution is -2.34. The third kappa shape index (κ3) is 3.46. The Morgan fingerprint density at radius 2 is 1.75 bits per heavy atom. The van der Waals surface area contributed by atoms with Gasteiger partial charge in [-0.1, -0.05) is 26.2 Å². The molecular formula is C14H27NO. The molecule has 2 rings (SSSR count). The summed E-state index contributed by atoms with van der Waals surface area (Å²) in [6.07, 6.45) is 12.5. The van der Waals surface area contributed by atoms with Crippen molar-refractivity contribution in [1.82, 2.24) is 0 Å². The van der Waals surface area contributed by atoms with Crippen LogP contribution in [-0.4, -0.2) is 18.2 Å². The van der Waals surface area contributed by atoms with Gasteiger partial charge in [0.05, 0.1) is 12.2 Å². The molecule has 0 aliphatic heterocycles. The number of ether oxygens (including phenoxy) is 1. The van der Waals surface area contributed by atoms with Crippen molar-refractivity contribution in [2.24, 2.45) is 11.7 Å². The van der Waals surface area contributed by atoms with Crippen LogP contribution in [0.3, 0.4) is 0 Å². The van der Waals surface area contributed by atoms with E-state index in [4.69, 9.17) is 10.5 Å². The fourth-order valence-electron chi connectivity index (χ4n) is 3.23. The molecule has 2 aliphatic rings. The number of hydrogen-bond donors (Lipinski definition) is 1. The molecule has 0 heterocycles. The van der Waals surface area contributed by atoms with Gasteiger partial charge in [0.1, 0.15) is 0 Å². The summed E-state index contributed by atoms with van der Waals surface area (Å²) in [4.78, 5) is 0. The second-order valence-corrected chi connectivity index (χ2v) is 5.74. The first-order valence-corrected chi connectivity index (χ1v) is 7.19. The van der Waals surface area contributed by atoms with E-state index in [1.54, 1.807) is 0 Å². The van der Waals surface area contributed by atoms with Gasteiger partial charge < -0.3 is 10.5 Å². The Morgan fingerprint density at radius 3 is 2.44 bits per heavy atom. The molecule has 2 unspecified atom stereocenters.